The lowest BCUT2D eigenvalue weighted by atomic mass is 10.3. The molecule has 0 aliphatic rings. The molecule has 1 amide bonds. The van der Waals surface area contributed by atoms with E-state index in [0.29, 0.717) is 11.4 Å². The predicted molar refractivity (Wildman–Crippen MR) is 50.5 cm³/mol. The van der Waals surface area contributed by atoms with Gasteiger partial charge in [0, 0.05) is 7.05 Å². The number of carbonyl (C=O) groups excluding carboxylic acids is 1. The minimum atomic E-state index is -0.201. The molecule has 0 spiro atoms. The number of amides is 1. The largest absolute Gasteiger partial charge is 0.311 e. The summed E-state index contributed by atoms with van der Waals surface area (Å²) in [5.41, 5.74) is 0.358. The summed E-state index contributed by atoms with van der Waals surface area (Å²) in [5.74, 6) is 0.223. The second kappa shape index (κ2) is 4.39. The van der Waals surface area contributed by atoms with E-state index in [1.165, 1.54) is 10.9 Å². The van der Waals surface area contributed by atoms with Gasteiger partial charge in [-0.1, -0.05) is 0 Å². The van der Waals surface area contributed by atoms with Gasteiger partial charge in [-0.3, -0.25) is 9.48 Å². The van der Waals surface area contributed by atoms with Crippen molar-refractivity contribution in [3.05, 3.63) is 11.8 Å². The van der Waals surface area contributed by atoms with Crippen molar-refractivity contribution < 1.29 is 4.79 Å². The third-order valence-corrected chi connectivity index (χ3v) is 1.65. The molecule has 1 rings (SSSR count). The topological polar surface area (TPSA) is 82.7 Å². The van der Waals surface area contributed by atoms with E-state index in [0.717, 1.165) is 0 Å². The minimum absolute atomic E-state index is 0.201. The average molecular weight is 193 g/mol. The number of anilines is 1. The summed E-state index contributed by atoms with van der Waals surface area (Å²) < 4.78 is 1.45. The lowest BCUT2D eigenvalue weighted by Gasteiger charge is -2.04. The molecule has 0 atom stereocenters. The number of likely N-dealkylation sites (N-methyl/N-ethyl adjacent to an activating group) is 1. The molecule has 1 heterocycles. The number of nitriles is 1. The first-order chi connectivity index (χ1) is 6.69. The average Bonchev–Trinajstić information content (AvgIpc) is 2.48. The Morgan fingerprint density at radius 2 is 2.50 bits per heavy atom. The smallest absolute Gasteiger partial charge is 0.239 e. The Bertz CT molecular complexity index is 376. The van der Waals surface area contributed by atoms with Gasteiger partial charge in [-0.05, 0) is 7.05 Å². The number of carbonyl (C=O) groups is 1. The molecule has 1 aromatic rings. The Hall–Kier alpha value is -1.87. The number of aryl methyl sites for hydroxylation is 1. The first kappa shape index (κ1) is 10.2. The monoisotopic (exact) mass is 193 g/mol. The van der Waals surface area contributed by atoms with Crippen LogP contribution in [0.4, 0.5) is 5.82 Å². The molecule has 0 aliphatic carbocycles. The van der Waals surface area contributed by atoms with Crippen LogP contribution in [0.2, 0.25) is 0 Å². The zero-order chi connectivity index (χ0) is 10.6. The molecule has 1 aromatic heterocycles. The van der Waals surface area contributed by atoms with Crippen molar-refractivity contribution in [1.29, 1.82) is 5.26 Å². The minimum Gasteiger partial charge on any atom is -0.311 e. The zero-order valence-electron chi connectivity index (χ0n) is 8.03. The molecule has 0 aromatic carbocycles. The summed E-state index contributed by atoms with van der Waals surface area (Å²) in [6, 6.07) is 1.95. The Labute approximate surface area is 81.5 Å². The molecule has 0 radical (unpaired) electrons. The maximum absolute atomic E-state index is 11.2. The highest BCUT2D eigenvalue weighted by Gasteiger charge is 2.10. The van der Waals surface area contributed by atoms with Gasteiger partial charge in [0.1, 0.15) is 17.5 Å². The maximum atomic E-state index is 11.2. The lowest BCUT2D eigenvalue weighted by Crippen LogP contribution is -2.26. The first-order valence-corrected chi connectivity index (χ1v) is 4.05. The van der Waals surface area contributed by atoms with Gasteiger partial charge in [-0.25, -0.2) is 0 Å². The Balaban J connectivity index is 2.80. The van der Waals surface area contributed by atoms with Gasteiger partial charge in [0.15, 0.2) is 0 Å². The number of nitrogens with one attached hydrogen (secondary N) is 2. The highest BCUT2D eigenvalue weighted by molar-refractivity contribution is 5.92. The van der Waals surface area contributed by atoms with Crippen LogP contribution in [0.25, 0.3) is 0 Å². The summed E-state index contributed by atoms with van der Waals surface area (Å²) in [5, 5.41) is 17.9. The second-order valence-corrected chi connectivity index (χ2v) is 2.72. The Morgan fingerprint density at radius 3 is 3.07 bits per heavy atom. The van der Waals surface area contributed by atoms with Gasteiger partial charge in [0.2, 0.25) is 5.91 Å². The molecule has 0 unspecified atom stereocenters. The van der Waals surface area contributed by atoms with Crippen LogP contribution in [-0.4, -0.2) is 29.3 Å². The number of rotatable bonds is 3. The van der Waals surface area contributed by atoms with E-state index in [4.69, 9.17) is 5.26 Å². The highest BCUT2D eigenvalue weighted by Crippen LogP contribution is 2.11. The van der Waals surface area contributed by atoms with Crippen LogP contribution in [0, 0.1) is 11.3 Å². The van der Waals surface area contributed by atoms with Gasteiger partial charge in [0.05, 0.1) is 12.7 Å². The molecule has 14 heavy (non-hydrogen) atoms. The van der Waals surface area contributed by atoms with Crippen LogP contribution < -0.4 is 10.6 Å². The third-order valence-electron chi connectivity index (χ3n) is 1.65. The fourth-order valence-electron chi connectivity index (χ4n) is 1.00. The van der Waals surface area contributed by atoms with E-state index in [1.807, 2.05) is 6.07 Å². The molecule has 0 fully saturated rings. The molecule has 0 saturated heterocycles. The van der Waals surface area contributed by atoms with Gasteiger partial charge in [0.25, 0.3) is 0 Å². The SMILES string of the molecule is CNCC(=O)Nc1c(C#N)cnn1C. The molecule has 6 heteroatoms. The van der Waals surface area contributed by atoms with Crippen molar-refractivity contribution in [3.63, 3.8) is 0 Å². The van der Waals surface area contributed by atoms with Crippen molar-refractivity contribution in [2.75, 3.05) is 18.9 Å². The summed E-state index contributed by atoms with van der Waals surface area (Å²) >= 11 is 0. The van der Waals surface area contributed by atoms with Crippen molar-refractivity contribution in [2.24, 2.45) is 7.05 Å². The van der Waals surface area contributed by atoms with Gasteiger partial charge in [-0.15, -0.1) is 0 Å². The van der Waals surface area contributed by atoms with Crippen molar-refractivity contribution in [3.8, 4) is 6.07 Å². The predicted octanol–water partition coefficient (Wildman–Crippen LogP) is -0.550. The van der Waals surface area contributed by atoms with E-state index in [1.54, 1.807) is 14.1 Å². The Kier molecular flexibility index (Phi) is 3.20. The summed E-state index contributed by atoms with van der Waals surface area (Å²) in [6.07, 6.45) is 1.41. The zero-order valence-corrected chi connectivity index (χ0v) is 8.03. The van der Waals surface area contributed by atoms with Crippen LogP contribution in [0.3, 0.4) is 0 Å². The fourth-order valence-corrected chi connectivity index (χ4v) is 1.00. The highest BCUT2D eigenvalue weighted by atomic mass is 16.2. The first-order valence-electron chi connectivity index (χ1n) is 4.05. The van der Waals surface area contributed by atoms with E-state index in [9.17, 15) is 4.79 Å². The van der Waals surface area contributed by atoms with Gasteiger partial charge >= 0.3 is 0 Å². The number of hydrogen-bond acceptors (Lipinski definition) is 4. The molecule has 0 bridgehead atoms. The summed E-state index contributed by atoms with van der Waals surface area (Å²) in [4.78, 5) is 11.2. The van der Waals surface area contributed by atoms with Crippen LogP contribution in [0.15, 0.2) is 6.20 Å². The standard InChI is InChI=1S/C8H11N5O/c1-10-5-7(14)12-8-6(3-9)4-11-13(8)2/h4,10H,5H2,1-2H3,(H,12,14). The van der Waals surface area contributed by atoms with E-state index < -0.39 is 0 Å². The van der Waals surface area contributed by atoms with Crippen LogP contribution in [0.1, 0.15) is 5.56 Å². The van der Waals surface area contributed by atoms with E-state index >= 15 is 0 Å². The van der Waals surface area contributed by atoms with Crippen LogP contribution in [-0.2, 0) is 11.8 Å². The molecular weight excluding hydrogens is 182 g/mol. The number of aromatic nitrogens is 2. The normalized spacial score (nSPS) is 9.50. The van der Waals surface area contributed by atoms with Crippen LogP contribution >= 0.6 is 0 Å². The molecule has 0 aliphatic heterocycles. The quantitative estimate of drug-likeness (QED) is 0.674. The van der Waals surface area contributed by atoms with Crippen molar-refractivity contribution in [2.45, 2.75) is 0 Å². The van der Waals surface area contributed by atoms with Crippen molar-refractivity contribution >= 4 is 11.7 Å². The van der Waals surface area contributed by atoms with E-state index in [-0.39, 0.29) is 12.5 Å². The van der Waals surface area contributed by atoms with Gasteiger partial charge in [-0.2, -0.15) is 10.4 Å². The van der Waals surface area contributed by atoms with Crippen molar-refractivity contribution in [1.82, 2.24) is 15.1 Å². The van der Waals surface area contributed by atoms with Crippen LogP contribution in [0.5, 0.6) is 0 Å². The number of nitrogens with zero attached hydrogens (tertiary/aromatic N) is 3. The number of hydrogen-bond donors (Lipinski definition) is 2. The van der Waals surface area contributed by atoms with E-state index in [2.05, 4.69) is 15.7 Å². The molecule has 2 N–H and O–H groups in total. The molecule has 6 nitrogen and oxygen atoms in total. The third kappa shape index (κ3) is 2.08. The lowest BCUT2D eigenvalue weighted by molar-refractivity contribution is -0.115. The molecule has 0 saturated carbocycles. The molecular formula is C8H11N5O. The maximum Gasteiger partial charge on any atom is 0.239 e. The summed E-state index contributed by atoms with van der Waals surface area (Å²) in [7, 11) is 3.34. The second-order valence-electron chi connectivity index (χ2n) is 2.72. The van der Waals surface area contributed by atoms with Gasteiger partial charge < -0.3 is 10.6 Å². The molecule has 74 valence electrons. The summed E-state index contributed by atoms with van der Waals surface area (Å²) in [6.45, 7) is 0.204. The Morgan fingerprint density at radius 1 is 1.79 bits per heavy atom. The fraction of sp³-hybridized carbons (Fsp3) is 0.375.